The fourth-order valence-electron chi connectivity index (χ4n) is 9.48. The van der Waals surface area contributed by atoms with E-state index < -0.39 is 17.0 Å². The van der Waals surface area contributed by atoms with Crippen LogP contribution in [-0.4, -0.2) is 45.7 Å². The normalized spacial score (nSPS) is 59.2. The fraction of sp³-hybridized carbons (Fsp3) is 0.889. The van der Waals surface area contributed by atoms with Crippen LogP contribution in [-0.2, 0) is 14.3 Å². The first-order valence-electron chi connectivity index (χ1n) is 13.0. The van der Waals surface area contributed by atoms with Crippen LogP contribution in [0.5, 0.6) is 0 Å². The molecule has 2 saturated heterocycles. The lowest BCUT2D eigenvalue weighted by Gasteiger charge is -2.59. The second-order valence-corrected chi connectivity index (χ2v) is 12.9. The number of hydrogen-bond acceptors (Lipinski definition) is 5. The van der Waals surface area contributed by atoms with Gasteiger partial charge in [-0.05, 0) is 81.1 Å². The Morgan fingerprint density at radius 1 is 1.00 bits per heavy atom. The highest BCUT2D eigenvalue weighted by molar-refractivity contribution is 5.91. The number of rotatable bonds is 0. The molecule has 5 heteroatoms. The van der Waals surface area contributed by atoms with Gasteiger partial charge in [0.25, 0.3) is 0 Å². The molecule has 6 aliphatic rings. The maximum absolute atomic E-state index is 12.4. The van der Waals surface area contributed by atoms with Crippen LogP contribution in [0.25, 0.3) is 0 Å². The van der Waals surface area contributed by atoms with Crippen LogP contribution in [0.4, 0.5) is 0 Å². The smallest absolute Gasteiger partial charge is 0.174 e. The molecule has 0 aromatic heterocycles. The van der Waals surface area contributed by atoms with Gasteiger partial charge in [-0.1, -0.05) is 26.3 Å². The molecular weight excluding hydrogens is 404 g/mol. The van der Waals surface area contributed by atoms with Crippen LogP contribution in [0.3, 0.4) is 0 Å². The van der Waals surface area contributed by atoms with Crippen molar-refractivity contribution in [3.8, 4) is 0 Å². The SMILES string of the molecule is CC1C2(CCC(C)(O)CO2)OC2CC3C4CCC5=CC(=O)CCC5(C)C4CCC3(C)C21O. The minimum Gasteiger partial charge on any atom is -0.388 e. The summed E-state index contributed by atoms with van der Waals surface area (Å²) in [6.45, 7) is 8.93. The third kappa shape index (κ3) is 2.52. The quantitative estimate of drug-likeness (QED) is 0.587. The lowest BCUT2D eigenvalue weighted by atomic mass is 9.45. The summed E-state index contributed by atoms with van der Waals surface area (Å²) in [6, 6.07) is 0. The Morgan fingerprint density at radius 2 is 1.78 bits per heavy atom. The van der Waals surface area contributed by atoms with Crippen molar-refractivity contribution in [3.05, 3.63) is 11.6 Å². The molecule has 1 spiro atoms. The highest BCUT2D eigenvalue weighted by atomic mass is 16.7. The van der Waals surface area contributed by atoms with Crippen molar-refractivity contribution in [1.29, 1.82) is 0 Å². The van der Waals surface area contributed by atoms with E-state index in [-0.39, 0.29) is 29.5 Å². The molecule has 2 aliphatic heterocycles. The van der Waals surface area contributed by atoms with Crippen LogP contribution in [0.1, 0.15) is 85.5 Å². The lowest BCUT2D eigenvalue weighted by molar-refractivity contribution is -0.295. The van der Waals surface area contributed by atoms with Gasteiger partial charge < -0.3 is 19.7 Å². The van der Waals surface area contributed by atoms with Gasteiger partial charge in [-0.2, -0.15) is 0 Å². The van der Waals surface area contributed by atoms with E-state index in [1.54, 1.807) is 0 Å². The minimum absolute atomic E-state index is 0.121. The van der Waals surface area contributed by atoms with Crippen LogP contribution >= 0.6 is 0 Å². The molecule has 2 N–H and O–H groups in total. The van der Waals surface area contributed by atoms with Gasteiger partial charge >= 0.3 is 0 Å². The predicted molar refractivity (Wildman–Crippen MR) is 120 cm³/mol. The molecule has 0 aromatic rings. The van der Waals surface area contributed by atoms with Gasteiger partial charge in [0.1, 0.15) is 5.60 Å². The summed E-state index contributed by atoms with van der Waals surface area (Å²) in [5, 5.41) is 22.8. The molecule has 32 heavy (non-hydrogen) atoms. The zero-order valence-electron chi connectivity index (χ0n) is 20.2. The van der Waals surface area contributed by atoms with E-state index in [1.165, 1.54) is 5.57 Å². The molecule has 0 bridgehead atoms. The number of fused-ring (bicyclic) bond motifs is 7. The van der Waals surface area contributed by atoms with Crippen molar-refractivity contribution in [2.75, 3.05) is 6.61 Å². The highest BCUT2D eigenvalue weighted by Crippen LogP contribution is 2.72. The van der Waals surface area contributed by atoms with Crippen molar-refractivity contribution >= 4 is 5.78 Å². The zero-order chi connectivity index (χ0) is 22.7. The Morgan fingerprint density at radius 3 is 2.50 bits per heavy atom. The number of aliphatic hydroxyl groups is 2. The Bertz CT molecular complexity index is 867. The van der Waals surface area contributed by atoms with E-state index in [1.807, 2.05) is 13.0 Å². The van der Waals surface area contributed by atoms with E-state index in [0.717, 1.165) is 38.5 Å². The first-order valence-corrected chi connectivity index (χ1v) is 13.0. The molecule has 5 fully saturated rings. The van der Waals surface area contributed by atoms with E-state index in [2.05, 4.69) is 20.8 Å². The predicted octanol–water partition coefficient (Wildman–Crippen LogP) is 4.15. The van der Waals surface area contributed by atoms with Crippen molar-refractivity contribution in [2.24, 2.45) is 34.5 Å². The van der Waals surface area contributed by atoms with Gasteiger partial charge in [-0.25, -0.2) is 0 Å². The molecule has 5 nitrogen and oxygen atoms in total. The van der Waals surface area contributed by atoms with Gasteiger partial charge in [0.2, 0.25) is 0 Å². The average molecular weight is 445 g/mol. The Balaban J connectivity index is 1.31. The number of carbonyl (C=O) groups is 1. The number of ether oxygens (including phenoxy) is 2. The van der Waals surface area contributed by atoms with E-state index >= 15 is 0 Å². The summed E-state index contributed by atoms with van der Waals surface area (Å²) in [4.78, 5) is 12.1. The van der Waals surface area contributed by atoms with Crippen LogP contribution in [0, 0.1) is 34.5 Å². The highest BCUT2D eigenvalue weighted by Gasteiger charge is 2.76. The zero-order valence-corrected chi connectivity index (χ0v) is 20.2. The number of ketones is 1. The molecule has 0 aromatic carbocycles. The maximum atomic E-state index is 12.4. The monoisotopic (exact) mass is 444 g/mol. The van der Waals surface area contributed by atoms with Crippen LogP contribution in [0.2, 0.25) is 0 Å². The third-order valence-corrected chi connectivity index (χ3v) is 11.5. The van der Waals surface area contributed by atoms with Gasteiger partial charge in [0.15, 0.2) is 11.6 Å². The van der Waals surface area contributed by atoms with Gasteiger partial charge in [-0.3, -0.25) is 4.79 Å². The molecule has 10 atom stereocenters. The second-order valence-electron chi connectivity index (χ2n) is 12.9. The van der Waals surface area contributed by atoms with Crippen LogP contribution in [0.15, 0.2) is 11.6 Å². The molecule has 2 heterocycles. The molecule has 0 radical (unpaired) electrons. The summed E-state index contributed by atoms with van der Waals surface area (Å²) < 4.78 is 12.9. The van der Waals surface area contributed by atoms with Gasteiger partial charge in [0.05, 0.1) is 18.3 Å². The largest absolute Gasteiger partial charge is 0.388 e. The standard InChI is InChI=1S/C27H40O5/c1-16-26(12-11-23(2,29)15-31-26)32-22-14-21-19-6-5-17-13-18(28)7-9-24(17,3)20(19)8-10-25(21,4)27(16,22)30/h13,16,19-22,29-30H,5-12,14-15H2,1-4H3. The second kappa shape index (κ2) is 6.47. The first kappa shape index (κ1) is 21.8. The Labute approximate surface area is 191 Å². The topological polar surface area (TPSA) is 76.0 Å². The average Bonchev–Trinajstić information content (AvgIpc) is 3.10. The number of allylic oxidation sites excluding steroid dienone is 1. The van der Waals surface area contributed by atoms with Crippen LogP contribution < -0.4 is 0 Å². The first-order chi connectivity index (χ1) is 15.0. The fourth-order valence-corrected chi connectivity index (χ4v) is 9.48. The third-order valence-electron chi connectivity index (χ3n) is 11.5. The Hall–Kier alpha value is -0.750. The summed E-state index contributed by atoms with van der Waals surface area (Å²) in [6.07, 6.45) is 9.87. The van der Waals surface area contributed by atoms with E-state index in [4.69, 9.17) is 9.47 Å². The summed E-state index contributed by atoms with van der Waals surface area (Å²) in [5.74, 6) is 1.04. The van der Waals surface area contributed by atoms with Crippen molar-refractivity contribution in [3.63, 3.8) is 0 Å². The minimum atomic E-state index is -0.897. The molecular formula is C27H40O5. The molecule has 4 aliphatic carbocycles. The molecule has 178 valence electrons. The maximum Gasteiger partial charge on any atom is 0.174 e. The number of carbonyl (C=O) groups excluding carboxylic acids is 1. The van der Waals surface area contributed by atoms with Gasteiger partial charge in [0, 0.05) is 24.2 Å². The van der Waals surface area contributed by atoms with Crippen molar-refractivity contribution < 1.29 is 24.5 Å². The number of hydrogen-bond donors (Lipinski definition) is 2. The van der Waals surface area contributed by atoms with Gasteiger partial charge in [-0.15, -0.1) is 0 Å². The van der Waals surface area contributed by atoms with Crippen molar-refractivity contribution in [2.45, 2.75) is 109 Å². The molecule has 6 rings (SSSR count). The molecule has 3 saturated carbocycles. The van der Waals surface area contributed by atoms with Crippen molar-refractivity contribution in [1.82, 2.24) is 0 Å². The van der Waals surface area contributed by atoms with E-state index in [0.29, 0.717) is 42.8 Å². The summed E-state index contributed by atoms with van der Waals surface area (Å²) in [7, 11) is 0. The van der Waals surface area contributed by atoms with E-state index in [9.17, 15) is 15.0 Å². The molecule has 10 unspecified atom stereocenters. The summed E-state index contributed by atoms with van der Waals surface area (Å²) >= 11 is 0. The summed E-state index contributed by atoms with van der Waals surface area (Å²) in [5.41, 5.74) is -0.367. The molecule has 0 amide bonds. The Kier molecular flexibility index (Phi) is 4.40. The lowest BCUT2D eigenvalue weighted by Crippen LogP contribution is -2.60.